The first-order valence-electron chi connectivity index (χ1n) is 10.8. The fourth-order valence-electron chi connectivity index (χ4n) is 3.65. The highest BCUT2D eigenvalue weighted by Crippen LogP contribution is 2.55. The molecule has 38 heavy (non-hydrogen) atoms. The Kier molecular flexibility index (Phi) is 12.9. The highest BCUT2D eigenvalue weighted by molar-refractivity contribution is 14.1. The number of hydrogen-bond donors (Lipinski definition) is 0. The average molecular weight is 913 g/mol. The molecular weight excluding hydrogens is 893 g/mol. The largest absolute Gasteiger partial charge is 0.549 e. The molecule has 1 aliphatic rings. The van der Waals surface area contributed by atoms with Gasteiger partial charge in [-0.25, -0.2) is 26.3 Å². The topological polar surface area (TPSA) is 40.1 Å². The molecule has 2 nitrogen and oxygen atoms in total. The maximum absolute atomic E-state index is 14.1. The Morgan fingerprint density at radius 2 is 1.42 bits per heavy atom. The molecule has 222 valence electrons. The maximum atomic E-state index is 14.1. The Bertz CT molecular complexity index is 908. The normalized spacial score (nSPS) is 21.9. The van der Waals surface area contributed by atoms with Gasteiger partial charge < -0.3 is 9.90 Å². The zero-order chi connectivity index (χ0) is 29.9. The summed E-state index contributed by atoms with van der Waals surface area (Å²) in [4.78, 5) is 11.8. The molecule has 1 aliphatic carbocycles. The summed E-state index contributed by atoms with van der Waals surface area (Å²) in [5, 5.41) is 11.8. The molecule has 0 aromatic rings. The van der Waals surface area contributed by atoms with Crippen molar-refractivity contribution in [1.82, 2.24) is 0 Å². The van der Waals surface area contributed by atoms with Crippen LogP contribution in [0.3, 0.4) is 0 Å². The number of hydrogen-bond acceptors (Lipinski definition) is 2. The summed E-state index contributed by atoms with van der Waals surface area (Å²) in [5.74, 6) is -25.3. The lowest BCUT2D eigenvalue weighted by Crippen LogP contribution is -2.57. The van der Waals surface area contributed by atoms with E-state index in [0.29, 0.717) is 0 Å². The van der Waals surface area contributed by atoms with Gasteiger partial charge in [0.05, 0.1) is 9.39 Å². The molecule has 0 N–H and O–H groups in total. The van der Waals surface area contributed by atoms with E-state index in [4.69, 9.17) is 0 Å². The van der Waals surface area contributed by atoms with E-state index in [1.165, 1.54) is 22.6 Å². The van der Waals surface area contributed by atoms with E-state index in [-0.39, 0.29) is 44.8 Å². The van der Waals surface area contributed by atoms with Gasteiger partial charge in [-0.15, -0.1) is 0 Å². The highest BCUT2D eigenvalue weighted by atomic mass is 127. The summed E-state index contributed by atoms with van der Waals surface area (Å²) < 4.78 is 156. The average Bonchev–Trinajstić information content (AvgIpc) is 2.77. The predicted octanol–water partition coefficient (Wildman–Crippen LogP) is 8.74. The molecule has 0 bridgehead atoms. The van der Waals surface area contributed by atoms with Gasteiger partial charge in [0.1, 0.15) is 0 Å². The number of rotatable bonds is 15. The summed E-state index contributed by atoms with van der Waals surface area (Å²) in [7, 11) is 0. The minimum Gasteiger partial charge on any atom is -0.549 e. The van der Waals surface area contributed by atoms with Crippen LogP contribution in [-0.4, -0.2) is 45.9 Å². The van der Waals surface area contributed by atoms with Crippen molar-refractivity contribution in [2.75, 3.05) is 0 Å². The lowest BCUT2D eigenvalue weighted by molar-refractivity contribution is -0.339. The molecule has 0 heterocycles. The molecular formula is C21H20F12I3O2-. The number of alkyl halides is 13. The van der Waals surface area contributed by atoms with Crippen LogP contribution in [0.1, 0.15) is 51.4 Å². The van der Waals surface area contributed by atoms with Gasteiger partial charge in [-0.05, 0) is 70.0 Å². The van der Waals surface area contributed by atoms with Crippen molar-refractivity contribution in [2.45, 2.75) is 91.3 Å². The molecule has 1 rings (SSSR count). The van der Waals surface area contributed by atoms with Crippen LogP contribution >= 0.6 is 67.8 Å². The van der Waals surface area contributed by atoms with Crippen LogP contribution in [0.5, 0.6) is 0 Å². The second-order valence-corrected chi connectivity index (χ2v) is 12.8. The molecule has 0 aliphatic heterocycles. The fourth-order valence-corrected chi connectivity index (χ4v) is 7.37. The van der Waals surface area contributed by atoms with Crippen LogP contribution in [0.4, 0.5) is 52.7 Å². The molecule has 0 spiro atoms. The second kappa shape index (κ2) is 13.5. The lowest BCUT2D eigenvalue weighted by atomic mass is 9.81. The molecule has 0 saturated carbocycles. The molecule has 0 fully saturated rings. The molecule has 0 amide bonds. The zero-order valence-electron chi connectivity index (χ0n) is 19.0. The van der Waals surface area contributed by atoms with E-state index in [0.717, 1.165) is 6.08 Å². The Morgan fingerprint density at radius 1 is 0.895 bits per heavy atom. The van der Waals surface area contributed by atoms with Gasteiger partial charge in [-0.2, -0.15) is 26.3 Å². The summed E-state index contributed by atoms with van der Waals surface area (Å²) in [6.07, 6.45) is -11.6. The van der Waals surface area contributed by atoms with Crippen LogP contribution in [0.25, 0.3) is 0 Å². The Labute approximate surface area is 250 Å². The van der Waals surface area contributed by atoms with Crippen LogP contribution in [0, 0.1) is 5.92 Å². The standard InChI is InChI=1S/C21H21F12I3O2/c22-15(23)18(26,27)7-4-2-1-3-6-17(36)11(14(37)38)9-12(34)10(13(17)35)5-8-19(28,29)21(32,33)20(30,31)16(24)25/h9,11,15-16H,1-8H2,(H,37,38)/p-1. The third-order valence-electron chi connectivity index (χ3n) is 5.94. The van der Waals surface area contributed by atoms with Crippen molar-refractivity contribution < 1.29 is 62.6 Å². The molecule has 2 atom stereocenters. The number of halogens is 15. The number of unbranched alkanes of at least 4 members (excludes halogenated alkanes) is 3. The van der Waals surface area contributed by atoms with E-state index in [9.17, 15) is 62.6 Å². The van der Waals surface area contributed by atoms with E-state index in [1.54, 1.807) is 45.2 Å². The molecule has 0 saturated heterocycles. The number of carbonyl (C=O) groups is 1. The number of carbonyl (C=O) groups excluding carboxylic acids is 1. The minimum absolute atomic E-state index is 0.00432. The smallest absolute Gasteiger partial charge is 0.377 e. The summed E-state index contributed by atoms with van der Waals surface area (Å²) in [6.45, 7) is 0. The van der Waals surface area contributed by atoms with Gasteiger partial charge in [0, 0.05) is 25.9 Å². The van der Waals surface area contributed by atoms with Crippen molar-refractivity contribution in [2.24, 2.45) is 5.92 Å². The Morgan fingerprint density at radius 3 is 1.89 bits per heavy atom. The first-order valence-corrected chi connectivity index (χ1v) is 14.0. The van der Waals surface area contributed by atoms with Crippen molar-refractivity contribution in [3.63, 3.8) is 0 Å². The number of carboxylic acids is 1. The summed E-state index contributed by atoms with van der Waals surface area (Å²) in [6, 6.07) is 0. The van der Waals surface area contributed by atoms with Gasteiger partial charge in [0.25, 0.3) is 0 Å². The predicted molar refractivity (Wildman–Crippen MR) is 137 cm³/mol. The second-order valence-electron chi connectivity index (χ2n) is 8.64. The third kappa shape index (κ3) is 7.98. The monoisotopic (exact) mass is 913 g/mol. The Hall–Kier alpha value is 0.300. The summed E-state index contributed by atoms with van der Waals surface area (Å²) >= 11 is 4.83. The molecule has 0 radical (unpaired) electrons. The Balaban J connectivity index is 3.07. The minimum atomic E-state index is -6.37. The highest BCUT2D eigenvalue weighted by Gasteiger charge is 2.74. The molecule has 17 heteroatoms. The van der Waals surface area contributed by atoms with E-state index < -0.39 is 71.1 Å². The fraction of sp³-hybridized carbons (Fsp3) is 0.762. The van der Waals surface area contributed by atoms with Crippen molar-refractivity contribution in [3.8, 4) is 0 Å². The number of aliphatic carboxylic acids is 1. The van der Waals surface area contributed by atoms with Crippen LogP contribution in [0.15, 0.2) is 18.8 Å². The van der Waals surface area contributed by atoms with Crippen molar-refractivity contribution >= 4 is 73.7 Å². The number of allylic oxidation sites excluding steroid dienone is 3. The van der Waals surface area contributed by atoms with E-state index in [1.807, 2.05) is 0 Å². The van der Waals surface area contributed by atoms with E-state index >= 15 is 0 Å². The van der Waals surface area contributed by atoms with Crippen LogP contribution < -0.4 is 5.11 Å². The first kappa shape index (κ1) is 36.3. The third-order valence-corrected chi connectivity index (χ3v) is 11.3. The molecule has 0 aromatic carbocycles. The van der Waals surface area contributed by atoms with Gasteiger partial charge in [0.2, 0.25) is 0 Å². The zero-order valence-corrected chi connectivity index (χ0v) is 25.4. The lowest BCUT2D eigenvalue weighted by Gasteiger charge is -2.40. The van der Waals surface area contributed by atoms with Gasteiger partial charge in [0.15, 0.2) is 0 Å². The summed E-state index contributed by atoms with van der Waals surface area (Å²) in [5.41, 5.74) is -0.0782. The quantitative estimate of drug-likeness (QED) is 0.0715. The van der Waals surface area contributed by atoms with Crippen molar-refractivity contribution in [3.05, 3.63) is 18.8 Å². The SMILES string of the molecule is O=C([O-])C1C=C(I)C(CCC(F)(F)C(F)(F)C(F)(F)C(F)F)=C(I)C1(I)CCCCCCC(F)(F)C(F)F. The van der Waals surface area contributed by atoms with Gasteiger partial charge >= 0.3 is 36.5 Å². The van der Waals surface area contributed by atoms with E-state index in [2.05, 4.69) is 0 Å². The maximum Gasteiger partial charge on any atom is 0.377 e. The van der Waals surface area contributed by atoms with Gasteiger partial charge in [-0.1, -0.05) is 47.9 Å². The first-order chi connectivity index (χ1) is 17.1. The van der Waals surface area contributed by atoms with Crippen LogP contribution in [-0.2, 0) is 4.79 Å². The van der Waals surface area contributed by atoms with Gasteiger partial charge in [-0.3, -0.25) is 0 Å². The van der Waals surface area contributed by atoms with Crippen molar-refractivity contribution in [1.29, 1.82) is 0 Å². The molecule has 0 aromatic heterocycles. The molecule has 2 unspecified atom stereocenters. The van der Waals surface area contributed by atoms with Crippen LogP contribution in [0.2, 0.25) is 0 Å². The number of carboxylic acid groups (broad SMARTS) is 1.